The van der Waals surface area contributed by atoms with Gasteiger partial charge in [0.15, 0.2) is 11.6 Å². The minimum Gasteiger partial charge on any atom is -0.456 e. The lowest BCUT2D eigenvalue weighted by Crippen LogP contribution is -2.25. The topological polar surface area (TPSA) is 51.8 Å². The van der Waals surface area contributed by atoms with Gasteiger partial charge in [-0.25, -0.2) is 15.0 Å². The van der Waals surface area contributed by atoms with E-state index in [0.717, 1.165) is 70.8 Å². The predicted molar refractivity (Wildman–Crippen MR) is 214 cm³/mol. The van der Waals surface area contributed by atoms with Crippen LogP contribution in [0.2, 0.25) is 0 Å². The van der Waals surface area contributed by atoms with Crippen LogP contribution in [0.15, 0.2) is 150 Å². The number of rotatable bonds is 5. The van der Waals surface area contributed by atoms with Gasteiger partial charge in [0.25, 0.3) is 0 Å². The van der Waals surface area contributed by atoms with Crippen LogP contribution in [-0.4, -0.2) is 15.0 Å². The van der Waals surface area contributed by atoms with Crippen LogP contribution in [0.1, 0.15) is 66.0 Å². The molecule has 0 spiro atoms. The second kappa shape index (κ2) is 12.3. The van der Waals surface area contributed by atoms with Crippen molar-refractivity contribution < 1.29 is 4.42 Å². The van der Waals surface area contributed by atoms with Gasteiger partial charge in [0.05, 0.1) is 0 Å². The van der Waals surface area contributed by atoms with E-state index < -0.39 is 0 Å². The Hall–Kier alpha value is -6.13. The fourth-order valence-electron chi connectivity index (χ4n) is 8.38. The number of allylic oxidation sites excluding steroid dienone is 9. The Morgan fingerprint density at radius 2 is 1.50 bits per heavy atom. The zero-order valence-electron chi connectivity index (χ0n) is 29.1. The summed E-state index contributed by atoms with van der Waals surface area (Å²) in [5.74, 6) is 2.45. The molecule has 2 unspecified atom stereocenters. The molecule has 250 valence electrons. The third-order valence-electron chi connectivity index (χ3n) is 11.1. The highest BCUT2D eigenvalue weighted by atomic mass is 16.3. The number of para-hydroxylation sites is 1. The Balaban J connectivity index is 1.03. The molecule has 2 heterocycles. The smallest absolute Gasteiger partial charge is 0.163 e. The molecule has 3 aliphatic rings. The summed E-state index contributed by atoms with van der Waals surface area (Å²) in [5.41, 5.74) is 10.3. The Labute approximate surface area is 303 Å². The van der Waals surface area contributed by atoms with E-state index in [4.69, 9.17) is 19.4 Å². The van der Waals surface area contributed by atoms with Gasteiger partial charge >= 0.3 is 0 Å². The van der Waals surface area contributed by atoms with Gasteiger partial charge in [0, 0.05) is 27.7 Å². The molecule has 7 aromatic rings. The second-order valence-corrected chi connectivity index (χ2v) is 14.5. The minimum absolute atomic E-state index is 0.116. The lowest BCUT2D eigenvalue weighted by atomic mass is 9.71. The SMILES string of the molecule is CC1(c2cccc3oc4ccccc4c23)C=Cc2ccc(-c3nc(C4=CC=C(c5cccc6ccccc56)CC4)nc(C4C=CC=CC4)n3)cc2C1. The Bertz CT molecular complexity index is 2720. The molecule has 10 rings (SSSR count). The Kier molecular flexibility index (Phi) is 7.24. The normalized spacial score (nSPS) is 19.6. The molecular formula is C48H37N3O. The fraction of sp³-hybridized carbons (Fsp3) is 0.146. The van der Waals surface area contributed by atoms with Gasteiger partial charge in [-0.15, -0.1) is 0 Å². The molecule has 3 aliphatic carbocycles. The molecule has 0 amide bonds. The molecule has 4 nitrogen and oxygen atoms in total. The molecule has 0 N–H and O–H groups in total. The van der Waals surface area contributed by atoms with E-state index >= 15 is 0 Å². The minimum atomic E-state index is -0.215. The lowest BCUT2D eigenvalue weighted by Gasteiger charge is -2.32. The fourth-order valence-corrected chi connectivity index (χ4v) is 8.38. The molecular weight excluding hydrogens is 635 g/mol. The molecule has 0 fully saturated rings. The van der Waals surface area contributed by atoms with Gasteiger partial charge in [0.2, 0.25) is 0 Å². The highest BCUT2D eigenvalue weighted by molar-refractivity contribution is 6.07. The van der Waals surface area contributed by atoms with E-state index in [1.807, 2.05) is 6.07 Å². The first-order valence-corrected chi connectivity index (χ1v) is 18.3. The first-order chi connectivity index (χ1) is 25.6. The third kappa shape index (κ3) is 5.25. The summed E-state index contributed by atoms with van der Waals surface area (Å²) in [5, 5.41) is 4.92. The molecule has 4 heteroatoms. The summed E-state index contributed by atoms with van der Waals surface area (Å²) >= 11 is 0. The van der Waals surface area contributed by atoms with Crippen LogP contribution in [0.3, 0.4) is 0 Å². The number of benzene rings is 5. The molecule has 52 heavy (non-hydrogen) atoms. The highest BCUT2D eigenvalue weighted by Gasteiger charge is 2.31. The monoisotopic (exact) mass is 671 g/mol. The van der Waals surface area contributed by atoms with Crippen molar-refractivity contribution in [2.75, 3.05) is 0 Å². The van der Waals surface area contributed by atoms with Crippen LogP contribution in [0, 0.1) is 0 Å². The molecule has 0 aliphatic heterocycles. The maximum atomic E-state index is 6.28. The largest absolute Gasteiger partial charge is 0.456 e. The van der Waals surface area contributed by atoms with Crippen LogP contribution in [-0.2, 0) is 11.8 Å². The summed E-state index contributed by atoms with van der Waals surface area (Å²) < 4.78 is 6.28. The number of nitrogens with zero attached hydrogens (tertiary/aromatic N) is 3. The molecule has 0 saturated carbocycles. The van der Waals surface area contributed by atoms with Crippen LogP contribution >= 0.6 is 0 Å². The van der Waals surface area contributed by atoms with Crippen molar-refractivity contribution in [1.29, 1.82) is 0 Å². The van der Waals surface area contributed by atoms with E-state index in [0.29, 0.717) is 0 Å². The highest BCUT2D eigenvalue weighted by Crippen LogP contribution is 2.43. The Morgan fingerprint density at radius 3 is 2.38 bits per heavy atom. The van der Waals surface area contributed by atoms with Crippen LogP contribution < -0.4 is 0 Å². The first-order valence-electron chi connectivity index (χ1n) is 18.3. The van der Waals surface area contributed by atoms with E-state index in [1.165, 1.54) is 44.0 Å². The number of hydrogen-bond acceptors (Lipinski definition) is 4. The number of hydrogen-bond donors (Lipinski definition) is 0. The van der Waals surface area contributed by atoms with E-state index in [2.05, 4.69) is 153 Å². The van der Waals surface area contributed by atoms with Gasteiger partial charge in [-0.2, -0.15) is 0 Å². The zero-order chi connectivity index (χ0) is 34.6. The van der Waals surface area contributed by atoms with E-state index in [1.54, 1.807) is 0 Å². The molecule has 0 radical (unpaired) electrons. The van der Waals surface area contributed by atoms with Gasteiger partial charge in [-0.1, -0.05) is 140 Å². The van der Waals surface area contributed by atoms with Crippen molar-refractivity contribution in [2.24, 2.45) is 0 Å². The summed E-state index contributed by atoms with van der Waals surface area (Å²) in [4.78, 5) is 15.5. The standard InChI is InChI=1S/C48H37N3O/c1-48(41-18-10-20-43-44(41)40-16-7-8-19-42(40)52-43)28-27-31-21-26-36(29-37(31)30-48)47-50-45(34-12-3-2-4-13-34)49-46(51-47)35-24-22-33(23-25-35)39-17-9-14-32-11-5-6-15-38(32)39/h2-12,14-22,24,26-29,34H,13,23,25,30H2,1H3. The lowest BCUT2D eigenvalue weighted by molar-refractivity contribution is 0.591. The first kappa shape index (κ1) is 30.7. The van der Waals surface area contributed by atoms with Crippen molar-refractivity contribution in [1.82, 2.24) is 15.0 Å². The number of aromatic nitrogens is 3. The number of furan rings is 1. The Morgan fingerprint density at radius 1 is 0.712 bits per heavy atom. The summed E-state index contributed by atoms with van der Waals surface area (Å²) in [7, 11) is 0. The maximum Gasteiger partial charge on any atom is 0.163 e. The summed E-state index contributed by atoms with van der Waals surface area (Å²) in [6.07, 6.45) is 21.3. The second-order valence-electron chi connectivity index (χ2n) is 14.5. The van der Waals surface area contributed by atoms with Gasteiger partial charge < -0.3 is 4.42 Å². The molecule has 2 aromatic heterocycles. The summed E-state index contributed by atoms with van der Waals surface area (Å²) in [6, 6.07) is 36.7. The zero-order valence-corrected chi connectivity index (χ0v) is 29.1. The quantitative estimate of drug-likeness (QED) is 0.183. The van der Waals surface area contributed by atoms with Gasteiger partial charge in [0.1, 0.15) is 17.0 Å². The summed E-state index contributed by atoms with van der Waals surface area (Å²) in [6.45, 7) is 2.34. The molecule has 5 aromatic carbocycles. The molecule has 2 atom stereocenters. The van der Waals surface area contributed by atoms with Crippen LogP contribution in [0.4, 0.5) is 0 Å². The van der Waals surface area contributed by atoms with Crippen molar-refractivity contribution in [3.63, 3.8) is 0 Å². The average Bonchev–Trinajstić information content (AvgIpc) is 3.59. The third-order valence-corrected chi connectivity index (χ3v) is 11.1. The van der Waals surface area contributed by atoms with Gasteiger partial charge in [-0.3, -0.25) is 0 Å². The van der Waals surface area contributed by atoms with E-state index in [-0.39, 0.29) is 11.3 Å². The van der Waals surface area contributed by atoms with Crippen molar-refractivity contribution in [3.8, 4) is 11.4 Å². The van der Waals surface area contributed by atoms with Gasteiger partial charge in [-0.05, 0) is 88.1 Å². The average molecular weight is 672 g/mol. The maximum absolute atomic E-state index is 6.28. The van der Waals surface area contributed by atoms with Crippen molar-refractivity contribution in [3.05, 3.63) is 180 Å². The predicted octanol–water partition coefficient (Wildman–Crippen LogP) is 12.0. The van der Waals surface area contributed by atoms with Crippen molar-refractivity contribution >= 4 is 49.9 Å². The molecule has 0 saturated heterocycles. The molecule has 0 bridgehead atoms. The van der Waals surface area contributed by atoms with Crippen LogP contribution in [0.25, 0.3) is 61.3 Å². The number of fused-ring (bicyclic) bond motifs is 5. The van der Waals surface area contributed by atoms with E-state index in [9.17, 15) is 0 Å². The van der Waals surface area contributed by atoms with Crippen LogP contribution in [0.5, 0.6) is 0 Å². The van der Waals surface area contributed by atoms with Crippen molar-refractivity contribution in [2.45, 2.75) is 43.9 Å².